The van der Waals surface area contributed by atoms with E-state index in [4.69, 9.17) is 8.83 Å². The van der Waals surface area contributed by atoms with Gasteiger partial charge in [-0.25, -0.2) is 0 Å². The molecule has 0 fully saturated rings. The number of benzene rings is 4. The summed E-state index contributed by atoms with van der Waals surface area (Å²) in [6.07, 6.45) is 32.2. The molecule has 0 bridgehead atoms. The van der Waals surface area contributed by atoms with Crippen molar-refractivity contribution in [1.29, 1.82) is 0 Å². The van der Waals surface area contributed by atoms with Crippen molar-refractivity contribution in [2.45, 2.75) is 168 Å². The van der Waals surface area contributed by atoms with Crippen LogP contribution in [0.5, 0.6) is 0 Å². The van der Waals surface area contributed by atoms with E-state index in [1.54, 1.807) is 0 Å². The molecule has 0 saturated carbocycles. The summed E-state index contributed by atoms with van der Waals surface area (Å²) >= 11 is 0. The smallest absolute Gasteiger partial charge is 0.134 e. The molecule has 6 aromatic rings. The molecule has 0 saturated heterocycles. The van der Waals surface area contributed by atoms with Gasteiger partial charge < -0.3 is 8.83 Å². The topological polar surface area (TPSA) is 26.3 Å². The van der Waals surface area contributed by atoms with Gasteiger partial charge in [0.1, 0.15) is 22.7 Å². The second kappa shape index (κ2) is 19.4. The molecule has 2 nitrogen and oxygen atoms in total. The van der Waals surface area contributed by atoms with Gasteiger partial charge in [0, 0.05) is 23.6 Å². The molecule has 268 valence electrons. The van der Waals surface area contributed by atoms with Crippen molar-refractivity contribution in [2.75, 3.05) is 0 Å². The lowest BCUT2D eigenvalue weighted by molar-refractivity contribution is 0.514. The molecule has 0 aliphatic heterocycles. The summed E-state index contributed by atoms with van der Waals surface area (Å²) in [7, 11) is 0. The van der Waals surface area contributed by atoms with E-state index >= 15 is 0 Å². The molecule has 0 unspecified atom stereocenters. The Morgan fingerprint density at radius 2 is 0.660 bits per heavy atom. The molecule has 0 aliphatic carbocycles. The van der Waals surface area contributed by atoms with Crippen LogP contribution in [0.15, 0.2) is 69.5 Å². The van der Waals surface area contributed by atoms with Crippen LogP contribution in [-0.4, -0.2) is 0 Å². The summed E-state index contributed by atoms with van der Waals surface area (Å²) in [6.45, 7) is 4.59. The SMILES string of the molecule is CCCCCCCCCCCCCc1cc2cc3ccc4c5cc6oc(CCCCCCCCCCCCC)cc6cc5ccc4c3cc2o1. The third-order valence-electron chi connectivity index (χ3n) is 11.3. The number of aryl methyl sites for hydroxylation is 2. The number of hydrogen-bond acceptors (Lipinski definition) is 2. The summed E-state index contributed by atoms with van der Waals surface area (Å²) in [5, 5.41) is 10.1. The summed E-state index contributed by atoms with van der Waals surface area (Å²) in [6, 6.07) is 22.9. The van der Waals surface area contributed by atoms with Gasteiger partial charge in [0.25, 0.3) is 0 Å². The third kappa shape index (κ3) is 9.95. The van der Waals surface area contributed by atoms with E-state index in [1.165, 1.54) is 184 Å². The van der Waals surface area contributed by atoms with Gasteiger partial charge >= 0.3 is 0 Å². The van der Waals surface area contributed by atoms with Crippen molar-refractivity contribution in [1.82, 2.24) is 0 Å². The standard InChI is InChI=1S/C48H64O2/c1-3-5-7-9-11-13-15-17-19-21-23-25-41-33-39-31-37-27-29-44-43(45(37)35-47(39)49-41)30-28-38-32-40-34-42(50-48(40)36-46(38)44)26-24-22-20-18-16-14-12-10-8-6-4-2/h27-36H,3-26H2,1-2H3. The summed E-state index contributed by atoms with van der Waals surface area (Å²) in [4.78, 5) is 0. The van der Waals surface area contributed by atoms with Gasteiger partial charge in [-0.3, -0.25) is 0 Å². The molecule has 50 heavy (non-hydrogen) atoms. The monoisotopic (exact) mass is 672 g/mol. The second-order valence-electron chi connectivity index (χ2n) is 15.4. The minimum absolute atomic E-state index is 1.01. The number of rotatable bonds is 24. The second-order valence-corrected chi connectivity index (χ2v) is 15.4. The molecule has 0 amide bonds. The highest BCUT2D eigenvalue weighted by Gasteiger charge is 2.12. The maximum atomic E-state index is 6.43. The van der Waals surface area contributed by atoms with Gasteiger partial charge in [-0.1, -0.05) is 167 Å². The van der Waals surface area contributed by atoms with Crippen LogP contribution >= 0.6 is 0 Å². The highest BCUT2D eigenvalue weighted by atomic mass is 16.3. The van der Waals surface area contributed by atoms with Crippen molar-refractivity contribution in [2.24, 2.45) is 0 Å². The first-order chi connectivity index (χ1) is 24.7. The lowest BCUT2D eigenvalue weighted by atomic mass is 9.96. The predicted molar refractivity (Wildman–Crippen MR) is 219 cm³/mol. The molecule has 0 radical (unpaired) electrons. The van der Waals surface area contributed by atoms with Gasteiger partial charge in [-0.15, -0.1) is 0 Å². The van der Waals surface area contributed by atoms with E-state index in [1.807, 2.05) is 0 Å². The van der Waals surface area contributed by atoms with Gasteiger partial charge in [-0.05, 0) is 81.6 Å². The van der Waals surface area contributed by atoms with Crippen molar-refractivity contribution >= 4 is 54.3 Å². The Bertz CT molecular complexity index is 1760. The van der Waals surface area contributed by atoms with Gasteiger partial charge in [0.15, 0.2) is 0 Å². The quantitative estimate of drug-likeness (QED) is 0.0472. The Morgan fingerprint density at radius 3 is 1.02 bits per heavy atom. The average molecular weight is 673 g/mol. The molecule has 6 rings (SSSR count). The molecular weight excluding hydrogens is 609 g/mol. The largest absolute Gasteiger partial charge is 0.461 e. The lowest BCUT2D eigenvalue weighted by Gasteiger charge is -2.08. The number of unbranched alkanes of at least 4 members (excludes halogenated alkanes) is 20. The maximum absolute atomic E-state index is 6.43. The summed E-state index contributed by atoms with van der Waals surface area (Å²) in [5.41, 5.74) is 2.02. The Morgan fingerprint density at radius 1 is 0.320 bits per heavy atom. The zero-order valence-electron chi connectivity index (χ0n) is 31.6. The van der Waals surface area contributed by atoms with Crippen molar-refractivity contribution in [3.8, 4) is 0 Å². The van der Waals surface area contributed by atoms with Gasteiger partial charge in [-0.2, -0.15) is 0 Å². The fraction of sp³-hybridized carbons (Fsp3) is 0.542. The predicted octanol–water partition coefficient (Wildman–Crippen LogP) is 16.3. The van der Waals surface area contributed by atoms with Crippen molar-refractivity contribution in [3.05, 3.63) is 72.2 Å². The molecule has 2 aromatic heterocycles. The van der Waals surface area contributed by atoms with E-state index in [0.717, 1.165) is 35.5 Å². The third-order valence-corrected chi connectivity index (χ3v) is 11.3. The fourth-order valence-corrected chi connectivity index (χ4v) is 8.23. The first-order valence-corrected chi connectivity index (χ1v) is 21.0. The van der Waals surface area contributed by atoms with E-state index in [9.17, 15) is 0 Å². The van der Waals surface area contributed by atoms with E-state index < -0.39 is 0 Å². The molecule has 0 spiro atoms. The molecule has 2 heterocycles. The van der Waals surface area contributed by atoms with Crippen LogP contribution in [0.2, 0.25) is 0 Å². The summed E-state index contributed by atoms with van der Waals surface area (Å²) in [5.74, 6) is 2.26. The molecule has 4 aromatic carbocycles. The normalized spacial score (nSPS) is 12.1. The Balaban J connectivity index is 1.03. The number of hydrogen-bond donors (Lipinski definition) is 0. The van der Waals surface area contributed by atoms with E-state index in [0.29, 0.717) is 0 Å². The lowest BCUT2D eigenvalue weighted by Crippen LogP contribution is -1.84. The minimum atomic E-state index is 1.01. The molecule has 2 heteroatoms. The molecule has 0 atom stereocenters. The Labute approximate surface area is 302 Å². The van der Waals surface area contributed by atoms with Crippen molar-refractivity contribution in [3.63, 3.8) is 0 Å². The summed E-state index contributed by atoms with van der Waals surface area (Å²) < 4.78 is 12.9. The zero-order chi connectivity index (χ0) is 34.4. The first kappa shape index (κ1) is 36.5. The highest BCUT2D eigenvalue weighted by molar-refractivity contribution is 6.20. The van der Waals surface area contributed by atoms with Crippen LogP contribution in [0.3, 0.4) is 0 Å². The molecular formula is C48H64O2. The molecule has 0 aliphatic rings. The first-order valence-electron chi connectivity index (χ1n) is 21.0. The van der Waals surface area contributed by atoms with Crippen LogP contribution in [-0.2, 0) is 12.8 Å². The van der Waals surface area contributed by atoms with Crippen LogP contribution in [0, 0.1) is 0 Å². The number of fused-ring (bicyclic) bond motifs is 7. The van der Waals surface area contributed by atoms with Crippen LogP contribution in [0.25, 0.3) is 54.3 Å². The van der Waals surface area contributed by atoms with Crippen LogP contribution < -0.4 is 0 Å². The molecule has 0 N–H and O–H groups in total. The van der Waals surface area contributed by atoms with Gasteiger partial charge in [0.2, 0.25) is 0 Å². The number of furan rings is 2. The van der Waals surface area contributed by atoms with Crippen LogP contribution in [0.4, 0.5) is 0 Å². The van der Waals surface area contributed by atoms with Crippen molar-refractivity contribution < 1.29 is 8.83 Å². The minimum Gasteiger partial charge on any atom is -0.461 e. The average Bonchev–Trinajstić information content (AvgIpc) is 3.73. The van der Waals surface area contributed by atoms with Crippen LogP contribution in [0.1, 0.15) is 167 Å². The Kier molecular flexibility index (Phi) is 14.2. The van der Waals surface area contributed by atoms with E-state index in [2.05, 4.69) is 74.5 Å². The maximum Gasteiger partial charge on any atom is 0.134 e. The fourth-order valence-electron chi connectivity index (χ4n) is 8.23. The van der Waals surface area contributed by atoms with E-state index in [-0.39, 0.29) is 0 Å². The highest BCUT2D eigenvalue weighted by Crippen LogP contribution is 2.37. The van der Waals surface area contributed by atoms with Gasteiger partial charge in [0.05, 0.1) is 0 Å². The zero-order valence-corrected chi connectivity index (χ0v) is 31.6. The Hall–Kier alpha value is -3.26.